The van der Waals surface area contributed by atoms with Crippen LogP contribution in [-0.2, 0) is 10.0 Å². The maximum Gasteiger partial charge on any atom is 0.264 e. The highest BCUT2D eigenvalue weighted by Crippen LogP contribution is 2.36. The smallest absolute Gasteiger partial charge is 0.264 e. The van der Waals surface area contributed by atoms with Gasteiger partial charge in [-0.1, -0.05) is 12.5 Å². The number of benzene rings is 1. The Bertz CT molecular complexity index is 1230. The predicted octanol–water partition coefficient (Wildman–Crippen LogP) is 2.80. The third kappa shape index (κ3) is 2.36. The Morgan fingerprint density at radius 2 is 2.00 bits per heavy atom. The van der Waals surface area contributed by atoms with Crippen LogP contribution in [-0.4, -0.2) is 31.8 Å². The lowest BCUT2D eigenvalue weighted by atomic mass is 9.85. The van der Waals surface area contributed by atoms with E-state index in [0.717, 1.165) is 30.4 Å². The van der Waals surface area contributed by atoms with Crippen LogP contribution in [0, 0.1) is 0 Å². The highest BCUT2D eigenvalue weighted by Gasteiger charge is 2.26. The molecule has 0 spiro atoms. The lowest BCUT2D eigenvalue weighted by Gasteiger charge is -2.23. The molecule has 26 heavy (non-hydrogen) atoms. The van der Waals surface area contributed by atoms with Gasteiger partial charge in [0.2, 0.25) is 0 Å². The van der Waals surface area contributed by atoms with Crippen LogP contribution in [0.15, 0.2) is 41.4 Å². The Kier molecular flexibility index (Phi) is 3.44. The normalized spacial score (nSPS) is 15.4. The van der Waals surface area contributed by atoms with E-state index in [1.807, 2.05) is 10.6 Å². The fourth-order valence-electron chi connectivity index (χ4n) is 3.16. The Labute approximate surface area is 153 Å². The van der Waals surface area contributed by atoms with E-state index < -0.39 is 10.0 Å². The van der Waals surface area contributed by atoms with Crippen molar-refractivity contribution in [1.29, 1.82) is 0 Å². The molecule has 132 valence electrons. The van der Waals surface area contributed by atoms with Gasteiger partial charge in [0.15, 0.2) is 5.65 Å². The van der Waals surface area contributed by atoms with E-state index in [0.29, 0.717) is 28.3 Å². The van der Waals surface area contributed by atoms with E-state index in [1.165, 1.54) is 12.5 Å². The molecule has 0 aliphatic heterocycles. The second-order valence-electron chi connectivity index (χ2n) is 6.30. The molecule has 1 aliphatic rings. The maximum atomic E-state index is 12.9. The number of rotatable bonds is 4. The Morgan fingerprint density at radius 1 is 1.12 bits per heavy atom. The van der Waals surface area contributed by atoms with Gasteiger partial charge in [-0.2, -0.15) is 8.75 Å². The first-order valence-electron chi connectivity index (χ1n) is 8.21. The van der Waals surface area contributed by atoms with Gasteiger partial charge < -0.3 is 0 Å². The molecule has 8 nitrogen and oxygen atoms in total. The number of aromatic nitrogens is 5. The first-order valence-corrected chi connectivity index (χ1v) is 10.4. The minimum absolute atomic E-state index is 0.101. The fraction of sp³-hybridized carbons (Fsp3) is 0.250. The van der Waals surface area contributed by atoms with Crippen molar-refractivity contribution in [3.63, 3.8) is 0 Å². The fourth-order valence-corrected chi connectivity index (χ4v) is 4.99. The molecule has 0 unspecified atom stereocenters. The van der Waals surface area contributed by atoms with Crippen LogP contribution in [0.3, 0.4) is 0 Å². The van der Waals surface area contributed by atoms with Crippen molar-refractivity contribution in [2.75, 3.05) is 4.72 Å². The Hall–Kier alpha value is -2.59. The zero-order chi connectivity index (χ0) is 17.7. The highest BCUT2D eigenvalue weighted by atomic mass is 32.2. The minimum atomic E-state index is -3.83. The summed E-state index contributed by atoms with van der Waals surface area (Å²) in [5.74, 6) is 1.28. The van der Waals surface area contributed by atoms with Gasteiger partial charge in [-0.05, 0) is 37.1 Å². The molecule has 1 saturated carbocycles. The molecule has 3 aromatic heterocycles. The number of sulfonamides is 1. The molecule has 1 aromatic carbocycles. The SMILES string of the molecule is O=S(=O)(Nc1cccn2c(C3CCC3)nnc12)c1cccc2nsnc12. The average Bonchev–Trinajstić information content (AvgIpc) is 3.20. The van der Waals surface area contributed by atoms with Crippen LogP contribution < -0.4 is 4.72 Å². The van der Waals surface area contributed by atoms with Crippen LogP contribution in [0.2, 0.25) is 0 Å². The van der Waals surface area contributed by atoms with Gasteiger partial charge in [-0.3, -0.25) is 9.12 Å². The number of hydrogen-bond acceptors (Lipinski definition) is 7. The summed E-state index contributed by atoms with van der Waals surface area (Å²) < 4.78 is 38.6. The van der Waals surface area contributed by atoms with Crippen LogP contribution >= 0.6 is 11.7 Å². The summed E-state index contributed by atoms with van der Waals surface area (Å²) >= 11 is 0.989. The van der Waals surface area contributed by atoms with Crippen LogP contribution in [0.5, 0.6) is 0 Å². The quantitative estimate of drug-likeness (QED) is 0.579. The van der Waals surface area contributed by atoms with E-state index in [9.17, 15) is 8.42 Å². The predicted molar refractivity (Wildman–Crippen MR) is 97.8 cm³/mol. The van der Waals surface area contributed by atoms with Gasteiger partial charge >= 0.3 is 0 Å². The standard InChI is InChI=1S/C16H14N6O2S2/c23-26(24,13-8-2-6-11-14(13)20-25-19-11)21-12-7-3-9-22-15(10-4-1-5-10)17-18-16(12)22/h2-3,6-10,21H,1,4-5H2. The van der Waals surface area contributed by atoms with E-state index in [4.69, 9.17) is 0 Å². The number of pyridine rings is 1. The van der Waals surface area contributed by atoms with Crippen LogP contribution in [0.4, 0.5) is 5.69 Å². The molecule has 0 amide bonds. The summed E-state index contributed by atoms with van der Waals surface area (Å²) in [7, 11) is -3.83. The number of nitrogens with zero attached hydrogens (tertiary/aromatic N) is 5. The topological polar surface area (TPSA) is 102 Å². The third-order valence-electron chi connectivity index (χ3n) is 4.71. The first kappa shape index (κ1) is 15.6. The molecule has 0 atom stereocenters. The van der Waals surface area contributed by atoms with Crippen molar-refractivity contribution in [3.05, 3.63) is 42.4 Å². The highest BCUT2D eigenvalue weighted by molar-refractivity contribution is 7.93. The molecule has 1 fully saturated rings. The molecule has 1 N–H and O–H groups in total. The average molecular weight is 386 g/mol. The van der Waals surface area contributed by atoms with Gasteiger partial charge in [-0.15, -0.1) is 10.2 Å². The van der Waals surface area contributed by atoms with Gasteiger partial charge in [-0.25, -0.2) is 8.42 Å². The third-order valence-corrected chi connectivity index (χ3v) is 6.65. The van der Waals surface area contributed by atoms with Crippen molar-refractivity contribution >= 4 is 44.1 Å². The molecule has 0 saturated heterocycles. The molecule has 0 bridgehead atoms. The summed E-state index contributed by atoms with van der Waals surface area (Å²) in [5.41, 5.74) is 1.83. The van der Waals surface area contributed by atoms with E-state index >= 15 is 0 Å². The number of nitrogens with one attached hydrogen (secondary N) is 1. The molecule has 3 heterocycles. The van der Waals surface area contributed by atoms with Crippen molar-refractivity contribution in [1.82, 2.24) is 23.3 Å². The van der Waals surface area contributed by atoms with Gasteiger partial charge in [0, 0.05) is 12.1 Å². The zero-order valence-electron chi connectivity index (χ0n) is 13.5. The molecule has 0 radical (unpaired) electrons. The van der Waals surface area contributed by atoms with Crippen molar-refractivity contribution in [2.45, 2.75) is 30.1 Å². The molecule has 4 aromatic rings. The Morgan fingerprint density at radius 3 is 2.81 bits per heavy atom. The molecular formula is C16H14N6O2S2. The van der Waals surface area contributed by atoms with Crippen molar-refractivity contribution < 1.29 is 8.42 Å². The summed E-state index contributed by atoms with van der Waals surface area (Å²) in [5, 5.41) is 8.49. The molecular weight excluding hydrogens is 372 g/mol. The second-order valence-corrected chi connectivity index (χ2v) is 8.47. The van der Waals surface area contributed by atoms with Crippen LogP contribution in [0.25, 0.3) is 16.7 Å². The first-order chi connectivity index (χ1) is 12.6. The zero-order valence-corrected chi connectivity index (χ0v) is 15.2. The number of fused-ring (bicyclic) bond motifs is 2. The van der Waals surface area contributed by atoms with Gasteiger partial charge in [0.05, 0.1) is 17.4 Å². The largest absolute Gasteiger partial charge is 0.284 e. The van der Waals surface area contributed by atoms with Gasteiger partial charge in [0.1, 0.15) is 21.8 Å². The lowest BCUT2D eigenvalue weighted by Crippen LogP contribution is -2.15. The van der Waals surface area contributed by atoms with E-state index in [2.05, 4.69) is 23.7 Å². The monoisotopic (exact) mass is 386 g/mol. The number of anilines is 1. The van der Waals surface area contributed by atoms with Crippen molar-refractivity contribution in [2.24, 2.45) is 0 Å². The van der Waals surface area contributed by atoms with E-state index in [1.54, 1.807) is 24.3 Å². The summed E-state index contributed by atoms with van der Waals surface area (Å²) in [4.78, 5) is 0.101. The lowest BCUT2D eigenvalue weighted by molar-refractivity contribution is 0.399. The summed E-state index contributed by atoms with van der Waals surface area (Å²) in [6, 6.07) is 8.40. The summed E-state index contributed by atoms with van der Waals surface area (Å²) in [6.07, 6.45) is 5.24. The maximum absolute atomic E-state index is 12.9. The molecule has 10 heteroatoms. The minimum Gasteiger partial charge on any atom is -0.284 e. The number of hydrogen-bond donors (Lipinski definition) is 1. The Balaban J connectivity index is 1.58. The summed E-state index contributed by atoms with van der Waals surface area (Å²) in [6.45, 7) is 0. The molecule has 5 rings (SSSR count). The van der Waals surface area contributed by atoms with E-state index in [-0.39, 0.29) is 4.90 Å². The van der Waals surface area contributed by atoms with Crippen LogP contribution in [0.1, 0.15) is 31.0 Å². The second kappa shape index (κ2) is 5.71. The molecule has 1 aliphatic carbocycles. The van der Waals surface area contributed by atoms with Crippen molar-refractivity contribution in [3.8, 4) is 0 Å². The van der Waals surface area contributed by atoms with Gasteiger partial charge in [0.25, 0.3) is 10.0 Å².